The third kappa shape index (κ3) is 3.18. The van der Waals surface area contributed by atoms with Crippen LogP contribution in [0.25, 0.3) is 0 Å². The summed E-state index contributed by atoms with van der Waals surface area (Å²) in [6, 6.07) is 0. The maximum absolute atomic E-state index is 5.36. The number of epoxide rings is 1. The Morgan fingerprint density at radius 3 is 2.64 bits per heavy atom. The van der Waals surface area contributed by atoms with Crippen LogP contribution < -0.4 is 0 Å². The highest BCUT2D eigenvalue weighted by Gasteiger charge is 2.39. The average Bonchev–Trinajstić information content (AvgIpc) is 2.66. The van der Waals surface area contributed by atoms with Crippen molar-refractivity contribution >= 4 is 0 Å². The molecule has 1 aliphatic rings. The van der Waals surface area contributed by atoms with E-state index in [-0.39, 0.29) is 11.9 Å². The number of hydrogen-bond acceptors (Lipinski definition) is 3. The molecule has 0 radical (unpaired) electrons. The highest BCUT2D eigenvalue weighted by atomic mass is 16.7. The lowest BCUT2D eigenvalue weighted by Crippen LogP contribution is -2.21. The molecular formula is C8H16O3. The minimum absolute atomic E-state index is 0.0225. The summed E-state index contributed by atoms with van der Waals surface area (Å²) in [6.07, 6.45) is -0.110. The van der Waals surface area contributed by atoms with Crippen molar-refractivity contribution in [3.63, 3.8) is 0 Å². The Balaban J connectivity index is 2.01. The molecule has 11 heavy (non-hydrogen) atoms. The van der Waals surface area contributed by atoms with E-state index in [0.717, 1.165) is 6.61 Å². The topological polar surface area (TPSA) is 31.0 Å². The molecule has 0 aliphatic carbocycles. The molecule has 1 saturated heterocycles. The molecule has 0 aromatic heterocycles. The Bertz CT molecular complexity index is 121. The van der Waals surface area contributed by atoms with Gasteiger partial charge < -0.3 is 14.2 Å². The molecule has 1 fully saturated rings. The van der Waals surface area contributed by atoms with Gasteiger partial charge in [-0.15, -0.1) is 0 Å². The lowest BCUT2D eigenvalue weighted by Gasteiger charge is -2.13. The average molecular weight is 160 g/mol. The highest BCUT2D eigenvalue weighted by molar-refractivity contribution is 4.86. The van der Waals surface area contributed by atoms with Gasteiger partial charge in [0, 0.05) is 6.61 Å². The van der Waals surface area contributed by atoms with Crippen LogP contribution in [0.4, 0.5) is 0 Å². The molecule has 3 heteroatoms. The molecule has 0 saturated carbocycles. The van der Waals surface area contributed by atoms with Crippen molar-refractivity contribution in [2.24, 2.45) is 0 Å². The summed E-state index contributed by atoms with van der Waals surface area (Å²) < 4.78 is 15.7. The molecule has 0 aromatic carbocycles. The van der Waals surface area contributed by atoms with Gasteiger partial charge in [0.05, 0.1) is 13.2 Å². The van der Waals surface area contributed by atoms with Crippen LogP contribution in [0.15, 0.2) is 0 Å². The molecule has 3 nitrogen and oxygen atoms in total. The summed E-state index contributed by atoms with van der Waals surface area (Å²) in [5, 5.41) is 0. The van der Waals surface area contributed by atoms with Gasteiger partial charge in [-0.1, -0.05) is 0 Å². The Labute approximate surface area is 67.6 Å². The van der Waals surface area contributed by atoms with Crippen LogP contribution in [0, 0.1) is 0 Å². The van der Waals surface area contributed by atoms with Crippen LogP contribution in [0.1, 0.15) is 20.8 Å². The van der Waals surface area contributed by atoms with Gasteiger partial charge >= 0.3 is 0 Å². The Hall–Kier alpha value is -0.120. The molecule has 0 aromatic rings. The van der Waals surface area contributed by atoms with Crippen molar-refractivity contribution in [2.75, 3.05) is 19.8 Å². The molecule has 1 heterocycles. The van der Waals surface area contributed by atoms with Crippen molar-refractivity contribution in [2.45, 2.75) is 32.7 Å². The fraction of sp³-hybridized carbons (Fsp3) is 1.00. The van der Waals surface area contributed by atoms with Gasteiger partial charge in [0.15, 0.2) is 6.29 Å². The number of hydrogen-bond donors (Lipinski definition) is 0. The van der Waals surface area contributed by atoms with Gasteiger partial charge in [0.2, 0.25) is 0 Å². The van der Waals surface area contributed by atoms with Crippen LogP contribution >= 0.6 is 0 Å². The molecule has 1 unspecified atom stereocenters. The third-order valence-electron chi connectivity index (χ3n) is 1.66. The van der Waals surface area contributed by atoms with Crippen molar-refractivity contribution in [3.05, 3.63) is 0 Å². The van der Waals surface area contributed by atoms with Gasteiger partial charge in [-0.05, 0) is 20.8 Å². The maximum Gasteiger partial charge on any atom is 0.154 e. The summed E-state index contributed by atoms with van der Waals surface area (Å²) in [5.41, 5.74) is -0.0225. The van der Waals surface area contributed by atoms with E-state index in [4.69, 9.17) is 14.2 Å². The zero-order valence-corrected chi connectivity index (χ0v) is 7.42. The first kappa shape index (κ1) is 8.97. The van der Waals surface area contributed by atoms with Crippen LogP contribution in [-0.4, -0.2) is 31.7 Å². The van der Waals surface area contributed by atoms with E-state index in [1.165, 1.54) is 0 Å². The second kappa shape index (κ2) is 3.52. The zero-order chi connectivity index (χ0) is 8.32. The zero-order valence-electron chi connectivity index (χ0n) is 7.42. The molecule has 0 spiro atoms. The molecule has 0 bridgehead atoms. The van der Waals surface area contributed by atoms with Crippen molar-refractivity contribution in [3.8, 4) is 0 Å². The highest BCUT2D eigenvalue weighted by Crippen LogP contribution is 2.26. The van der Waals surface area contributed by atoms with Crippen LogP contribution in [0.2, 0.25) is 0 Å². The van der Waals surface area contributed by atoms with Gasteiger partial charge in [0.1, 0.15) is 5.60 Å². The predicted molar refractivity (Wildman–Crippen MR) is 41.4 cm³/mol. The second-order valence-electron chi connectivity index (χ2n) is 3.07. The van der Waals surface area contributed by atoms with Crippen molar-refractivity contribution in [1.82, 2.24) is 0 Å². The summed E-state index contributed by atoms with van der Waals surface area (Å²) in [7, 11) is 0. The van der Waals surface area contributed by atoms with Crippen molar-refractivity contribution in [1.29, 1.82) is 0 Å². The normalized spacial score (nSPS) is 31.9. The Morgan fingerprint density at radius 1 is 1.55 bits per heavy atom. The monoisotopic (exact) mass is 160 g/mol. The summed E-state index contributed by atoms with van der Waals surface area (Å²) in [5.74, 6) is 0. The third-order valence-corrected chi connectivity index (χ3v) is 1.66. The fourth-order valence-electron chi connectivity index (χ4n) is 0.783. The molecule has 1 aliphatic heterocycles. The molecule has 0 N–H and O–H groups in total. The summed E-state index contributed by atoms with van der Waals surface area (Å²) in [6.45, 7) is 8.02. The first-order valence-electron chi connectivity index (χ1n) is 4.03. The van der Waals surface area contributed by atoms with E-state index in [1.54, 1.807) is 0 Å². The van der Waals surface area contributed by atoms with Crippen molar-refractivity contribution < 1.29 is 14.2 Å². The van der Waals surface area contributed by atoms with Gasteiger partial charge in [-0.25, -0.2) is 0 Å². The number of ether oxygens (including phenoxy) is 3. The predicted octanol–water partition coefficient (Wildman–Crippen LogP) is 1.17. The van der Waals surface area contributed by atoms with Gasteiger partial charge in [-0.3, -0.25) is 0 Å². The van der Waals surface area contributed by atoms with Crippen LogP contribution in [0.5, 0.6) is 0 Å². The molecule has 1 rings (SSSR count). The van der Waals surface area contributed by atoms with Crippen LogP contribution in [-0.2, 0) is 14.2 Å². The molecular weight excluding hydrogens is 144 g/mol. The van der Waals surface area contributed by atoms with E-state index >= 15 is 0 Å². The summed E-state index contributed by atoms with van der Waals surface area (Å²) >= 11 is 0. The molecule has 2 atom stereocenters. The standard InChI is InChI=1S/C8H16O3/c1-4-9-7(2)10-5-8(3)6-11-8/h7H,4-6H2,1-3H3/t7?,8-/m0/s1. The number of rotatable bonds is 5. The largest absolute Gasteiger partial charge is 0.367 e. The van der Waals surface area contributed by atoms with E-state index in [0.29, 0.717) is 13.2 Å². The first-order valence-corrected chi connectivity index (χ1v) is 4.03. The Morgan fingerprint density at radius 2 is 2.18 bits per heavy atom. The lowest BCUT2D eigenvalue weighted by molar-refractivity contribution is -0.136. The Kier molecular flexibility index (Phi) is 2.87. The van der Waals surface area contributed by atoms with E-state index < -0.39 is 0 Å². The summed E-state index contributed by atoms with van der Waals surface area (Å²) in [4.78, 5) is 0. The van der Waals surface area contributed by atoms with Crippen LogP contribution in [0.3, 0.4) is 0 Å². The van der Waals surface area contributed by atoms with Gasteiger partial charge in [0.25, 0.3) is 0 Å². The SMILES string of the molecule is CCOC(C)OC[C@@]1(C)CO1. The fourth-order valence-corrected chi connectivity index (χ4v) is 0.783. The minimum Gasteiger partial charge on any atom is -0.367 e. The van der Waals surface area contributed by atoms with E-state index in [1.807, 2.05) is 20.8 Å². The van der Waals surface area contributed by atoms with E-state index in [2.05, 4.69) is 0 Å². The molecule has 0 amide bonds. The second-order valence-corrected chi connectivity index (χ2v) is 3.07. The minimum atomic E-state index is -0.110. The quantitative estimate of drug-likeness (QED) is 0.447. The van der Waals surface area contributed by atoms with Gasteiger partial charge in [-0.2, -0.15) is 0 Å². The smallest absolute Gasteiger partial charge is 0.154 e. The first-order chi connectivity index (χ1) is 5.16. The maximum atomic E-state index is 5.36. The van der Waals surface area contributed by atoms with E-state index in [9.17, 15) is 0 Å². The molecule has 66 valence electrons. The lowest BCUT2D eigenvalue weighted by atomic mass is 10.2.